The fraction of sp³-hybridized carbons (Fsp3) is 0.308. The molecule has 0 radical (unpaired) electrons. The molecule has 0 atom stereocenters. The summed E-state index contributed by atoms with van der Waals surface area (Å²) in [6.07, 6.45) is 5.92. The van der Waals surface area contributed by atoms with E-state index in [1.807, 2.05) is 12.1 Å². The Morgan fingerprint density at radius 2 is 2.22 bits per heavy atom. The zero-order valence-electron chi connectivity index (χ0n) is 9.90. The van der Waals surface area contributed by atoms with E-state index in [0.717, 1.165) is 34.3 Å². The average Bonchev–Trinajstić information content (AvgIpc) is 2.40. The molecule has 0 bridgehead atoms. The van der Waals surface area contributed by atoms with E-state index in [0.29, 0.717) is 18.0 Å². The molecule has 0 amide bonds. The normalized spacial score (nSPS) is 10.8. The average molecular weight is 280 g/mol. The molecule has 2 aromatic heterocycles. The van der Waals surface area contributed by atoms with E-state index in [1.165, 1.54) is 0 Å². The highest BCUT2D eigenvalue weighted by molar-refractivity contribution is 7.80. The van der Waals surface area contributed by atoms with Crippen LogP contribution in [0.3, 0.4) is 0 Å². The van der Waals surface area contributed by atoms with Crippen LogP contribution in [0, 0.1) is 0 Å². The highest BCUT2D eigenvalue weighted by atomic mass is 35.5. The summed E-state index contributed by atoms with van der Waals surface area (Å²) in [5.41, 5.74) is 7.94. The Balaban J connectivity index is 2.24. The Labute approximate surface area is 116 Å². The van der Waals surface area contributed by atoms with Gasteiger partial charge in [0, 0.05) is 18.8 Å². The van der Waals surface area contributed by atoms with Crippen LogP contribution in [0.4, 0.5) is 0 Å². The zero-order chi connectivity index (χ0) is 13.0. The summed E-state index contributed by atoms with van der Waals surface area (Å²) in [7, 11) is 0. The Hall–Kier alpha value is -1.10. The second kappa shape index (κ2) is 6.18. The molecule has 2 heterocycles. The number of rotatable bonds is 5. The van der Waals surface area contributed by atoms with E-state index in [2.05, 4.69) is 9.97 Å². The van der Waals surface area contributed by atoms with Crippen molar-refractivity contribution >= 4 is 39.7 Å². The number of fused-ring (bicyclic) bond motifs is 1. The fourth-order valence-corrected chi connectivity index (χ4v) is 2.31. The smallest absolute Gasteiger partial charge is 0.108 e. The van der Waals surface area contributed by atoms with Crippen molar-refractivity contribution in [3.05, 3.63) is 35.1 Å². The minimum absolute atomic E-state index is 0.649. The van der Waals surface area contributed by atoms with Gasteiger partial charge in [0.25, 0.3) is 0 Å². The maximum absolute atomic E-state index is 6.33. The first-order valence-corrected chi connectivity index (χ1v) is 6.61. The highest BCUT2D eigenvalue weighted by Gasteiger charge is 2.09. The second-order valence-corrected chi connectivity index (χ2v) is 5.03. The van der Waals surface area contributed by atoms with Crippen molar-refractivity contribution < 1.29 is 0 Å². The summed E-state index contributed by atoms with van der Waals surface area (Å²) in [6.45, 7) is 0.658. The Morgan fingerprint density at radius 1 is 1.39 bits per heavy atom. The molecule has 0 aliphatic heterocycles. The molecule has 94 valence electrons. The molecule has 5 heteroatoms. The first-order chi connectivity index (χ1) is 8.72. The molecule has 18 heavy (non-hydrogen) atoms. The summed E-state index contributed by atoms with van der Waals surface area (Å²) < 4.78 is 0. The van der Waals surface area contributed by atoms with E-state index in [9.17, 15) is 0 Å². The molecule has 3 nitrogen and oxygen atoms in total. The largest absolute Gasteiger partial charge is 0.330 e. The van der Waals surface area contributed by atoms with Crippen LogP contribution in [-0.2, 0) is 6.42 Å². The fourth-order valence-electron chi connectivity index (χ4n) is 1.75. The van der Waals surface area contributed by atoms with Crippen LogP contribution >= 0.6 is 23.8 Å². The second-order valence-electron chi connectivity index (χ2n) is 4.08. The summed E-state index contributed by atoms with van der Waals surface area (Å²) >= 11 is 11.7. The van der Waals surface area contributed by atoms with Gasteiger partial charge in [0.1, 0.15) is 5.52 Å². The topological polar surface area (TPSA) is 51.8 Å². The number of pyridine rings is 2. The van der Waals surface area contributed by atoms with Gasteiger partial charge in [0.15, 0.2) is 0 Å². The predicted octanol–water partition coefficient (Wildman–Crippen LogP) is 2.93. The van der Waals surface area contributed by atoms with Crippen molar-refractivity contribution in [2.45, 2.75) is 19.3 Å². The van der Waals surface area contributed by atoms with Gasteiger partial charge in [0.05, 0.1) is 10.5 Å². The number of thiocarbonyl (C=S) groups is 1. The van der Waals surface area contributed by atoms with E-state index >= 15 is 0 Å². The van der Waals surface area contributed by atoms with Gasteiger partial charge >= 0.3 is 0 Å². The molecule has 0 aromatic carbocycles. The van der Waals surface area contributed by atoms with Gasteiger partial charge in [-0.15, -0.1) is 0 Å². The maximum atomic E-state index is 6.33. The molecular formula is C13H14ClN3S. The van der Waals surface area contributed by atoms with E-state index < -0.39 is 0 Å². The molecular weight excluding hydrogens is 266 g/mol. The Bertz CT molecular complexity index is 571. The molecule has 0 saturated carbocycles. The van der Waals surface area contributed by atoms with Crippen LogP contribution in [0.1, 0.15) is 18.4 Å². The first-order valence-electron chi connectivity index (χ1n) is 5.82. The summed E-state index contributed by atoms with van der Waals surface area (Å²) in [4.78, 5) is 9.56. The third-order valence-electron chi connectivity index (χ3n) is 2.68. The van der Waals surface area contributed by atoms with E-state index in [1.54, 1.807) is 12.4 Å². The number of nitrogens with zero attached hydrogens (tertiary/aromatic N) is 2. The van der Waals surface area contributed by atoms with Crippen molar-refractivity contribution in [2.24, 2.45) is 5.73 Å². The van der Waals surface area contributed by atoms with Crippen LogP contribution in [0.2, 0.25) is 5.02 Å². The predicted molar refractivity (Wildman–Crippen MR) is 79.1 cm³/mol. The van der Waals surface area contributed by atoms with Gasteiger partial charge in [-0.25, -0.2) is 0 Å². The number of halogens is 1. The van der Waals surface area contributed by atoms with Crippen LogP contribution < -0.4 is 5.73 Å². The lowest BCUT2D eigenvalue weighted by atomic mass is 10.1. The quantitative estimate of drug-likeness (QED) is 0.855. The van der Waals surface area contributed by atoms with Gasteiger partial charge < -0.3 is 5.73 Å². The Kier molecular flexibility index (Phi) is 4.58. The molecule has 0 unspecified atom stereocenters. The lowest BCUT2D eigenvalue weighted by molar-refractivity contribution is 0.876. The molecule has 2 aromatic rings. The van der Waals surface area contributed by atoms with Crippen LogP contribution in [0.25, 0.3) is 11.0 Å². The van der Waals surface area contributed by atoms with Crippen molar-refractivity contribution in [1.82, 2.24) is 9.97 Å². The summed E-state index contributed by atoms with van der Waals surface area (Å²) in [5.74, 6) is 0. The maximum Gasteiger partial charge on any atom is 0.108 e. The number of aromatic nitrogens is 2. The molecule has 0 aliphatic carbocycles. The first kappa shape index (κ1) is 13.3. The highest BCUT2D eigenvalue weighted by Crippen LogP contribution is 2.24. The van der Waals surface area contributed by atoms with E-state index in [4.69, 9.17) is 29.6 Å². The molecule has 0 fully saturated rings. The summed E-state index contributed by atoms with van der Waals surface area (Å²) in [5, 5.41) is 0.649. The van der Waals surface area contributed by atoms with Crippen LogP contribution in [0.5, 0.6) is 0 Å². The van der Waals surface area contributed by atoms with Crippen molar-refractivity contribution in [1.29, 1.82) is 0 Å². The van der Waals surface area contributed by atoms with Gasteiger partial charge in [-0.05, 0) is 41.9 Å². The van der Waals surface area contributed by atoms with Gasteiger partial charge in [-0.2, -0.15) is 0 Å². The van der Waals surface area contributed by atoms with Crippen molar-refractivity contribution in [2.75, 3.05) is 6.54 Å². The molecule has 0 aliphatic rings. The third-order valence-corrected chi connectivity index (χ3v) is 3.45. The zero-order valence-corrected chi connectivity index (χ0v) is 11.5. The minimum Gasteiger partial charge on any atom is -0.330 e. The monoisotopic (exact) mass is 279 g/mol. The number of hydrogen-bond donors (Lipinski definition) is 1. The SMILES string of the molecule is NCCCC(=S)Cc1cnc2cccnc2c1Cl. The van der Waals surface area contributed by atoms with Crippen LogP contribution in [-0.4, -0.2) is 21.4 Å². The van der Waals surface area contributed by atoms with Crippen molar-refractivity contribution in [3.63, 3.8) is 0 Å². The van der Waals surface area contributed by atoms with Crippen molar-refractivity contribution in [3.8, 4) is 0 Å². The number of nitrogens with two attached hydrogens (primary N) is 1. The minimum atomic E-state index is 0.649. The lowest BCUT2D eigenvalue weighted by Gasteiger charge is -2.07. The molecule has 2 rings (SSSR count). The number of hydrogen-bond acceptors (Lipinski definition) is 4. The van der Waals surface area contributed by atoms with Gasteiger partial charge in [0.2, 0.25) is 0 Å². The van der Waals surface area contributed by atoms with Crippen LogP contribution in [0.15, 0.2) is 24.5 Å². The molecule has 0 saturated heterocycles. The van der Waals surface area contributed by atoms with Gasteiger partial charge in [-0.1, -0.05) is 23.8 Å². The summed E-state index contributed by atoms with van der Waals surface area (Å²) in [6, 6.07) is 3.74. The third kappa shape index (κ3) is 3.02. The Morgan fingerprint density at radius 3 is 3.00 bits per heavy atom. The molecule has 2 N–H and O–H groups in total. The van der Waals surface area contributed by atoms with E-state index in [-0.39, 0.29) is 0 Å². The lowest BCUT2D eigenvalue weighted by Crippen LogP contribution is -2.06. The standard InChI is InChI=1S/C13H14ClN3S/c14-12-9(7-10(18)3-1-5-15)8-17-11-4-2-6-16-13(11)12/h2,4,6,8H,1,3,5,7,15H2. The molecule has 0 spiro atoms. The van der Waals surface area contributed by atoms with Gasteiger partial charge in [-0.3, -0.25) is 9.97 Å².